The average molecular weight is 456 g/mol. The molecule has 0 unspecified atom stereocenters. The van der Waals surface area contributed by atoms with Crippen LogP contribution in [0.4, 0.5) is 0 Å². The third-order valence-electron chi connectivity index (χ3n) is 3.70. The molecule has 1 saturated heterocycles. The zero-order chi connectivity index (χ0) is 22.1. The molecule has 0 aliphatic carbocycles. The second-order valence-electron chi connectivity index (χ2n) is 6.36. The van der Waals surface area contributed by atoms with Crippen molar-refractivity contribution >= 4 is 47.2 Å². The van der Waals surface area contributed by atoms with Crippen LogP contribution in [0.5, 0.6) is 0 Å². The normalized spacial score (nSPS) is 27.4. The van der Waals surface area contributed by atoms with Crippen LogP contribution in [0.1, 0.15) is 27.7 Å². The molecule has 29 heavy (non-hydrogen) atoms. The van der Waals surface area contributed by atoms with E-state index in [1.54, 1.807) is 0 Å². The summed E-state index contributed by atoms with van der Waals surface area (Å²) in [4.78, 5) is 46.3. The zero-order valence-corrected chi connectivity index (χ0v) is 18.2. The lowest BCUT2D eigenvalue weighted by Gasteiger charge is -2.45. The smallest absolute Gasteiger partial charge is 0.303 e. The number of hydrogen-bond acceptors (Lipinski definition) is 10. The Bertz CT molecular complexity index is 605. The van der Waals surface area contributed by atoms with Gasteiger partial charge in [0.05, 0.1) is 6.10 Å². The van der Waals surface area contributed by atoms with E-state index in [1.165, 1.54) is 27.7 Å². The van der Waals surface area contributed by atoms with Gasteiger partial charge in [0.1, 0.15) is 24.2 Å². The van der Waals surface area contributed by atoms with Crippen molar-refractivity contribution < 1.29 is 43.2 Å². The summed E-state index contributed by atoms with van der Waals surface area (Å²) in [5.74, 6) is -2.20. The van der Waals surface area contributed by atoms with Gasteiger partial charge in [0.2, 0.25) is 5.91 Å². The molecule has 0 aromatic heterocycles. The van der Waals surface area contributed by atoms with Crippen LogP contribution in [-0.2, 0) is 38.1 Å². The third-order valence-corrected chi connectivity index (χ3v) is 5.37. The van der Waals surface area contributed by atoms with Crippen molar-refractivity contribution in [2.45, 2.75) is 63.6 Å². The van der Waals surface area contributed by atoms with E-state index in [0.717, 1.165) is 11.8 Å². The quantitative estimate of drug-likeness (QED) is 0.277. The predicted octanol–water partition coefficient (Wildman–Crippen LogP) is -0.0246. The summed E-state index contributed by atoms with van der Waals surface area (Å²) >= 11 is 6.75. The predicted molar refractivity (Wildman–Crippen MR) is 103 cm³/mol. The average Bonchev–Trinajstić information content (AvgIpc) is 2.60. The number of esters is 3. The Hall–Kier alpha value is -1.56. The number of amides is 1. The first-order chi connectivity index (χ1) is 13.5. The standard InChI is InChI=1S/C17H26ClNO9S/c1-8(20)19-14-16(27-11(4)23)15(26-10(3)22)13(6-25-9(2)21)28-17(14)29-7-12(24)5-18/h12-17,24H,5-7H2,1-4H3,(H,19,20)/t12-,13+,14-,15-,16+,17-/m1/s1. The van der Waals surface area contributed by atoms with E-state index in [9.17, 15) is 24.3 Å². The molecule has 1 heterocycles. The number of aliphatic hydroxyl groups is 1. The van der Waals surface area contributed by atoms with E-state index in [4.69, 9.17) is 30.5 Å². The van der Waals surface area contributed by atoms with Crippen molar-refractivity contribution in [2.24, 2.45) is 0 Å². The number of alkyl halides is 1. The molecule has 1 fully saturated rings. The number of aliphatic hydroxyl groups excluding tert-OH is 1. The minimum absolute atomic E-state index is 0.00908. The molecule has 10 nitrogen and oxygen atoms in total. The number of hydrogen-bond donors (Lipinski definition) is 2. The van der Waals surface area contributed by atoms with E-state index in [0.29, 0.717) is 0 Å². The lowest BCUT2D eigenvalue weighted by Crippen LogP contribution is -2.65. The zero-order valence-electron chi connectivity index (χ0n) is 16.6. The summed E-state index contributed by atoms with van der Waals surface area (Å²) in [5, 5.41) is 12.4. The first kappa shape index (κ1) is 25.5. The Morgan fingerprint density at radius 2 is 1.66 bits per heavy atom. The fourth-order valence-electron chi connectivity index (χ4n) is 2.68. The molecule has 1 aliphatic heterocycles. The molecular weight excluding hydrogens is 430 g/mol. The second kappa shape index (κ2) is 12.2. The fourth-order valence-corrected chi connectivity index (χ4v) is 4.10. The number of carbonyl (C=O) groups excluding carboxylic acids is 4. The highest BCUT2D eigenvalue weighted by Gasteiger charge is 2.50. The van der Waals surface area contributed by atoms with Gasteiger partial charge >= 0.3 is 17.9 Å². The SMILES string of the molecule is CC(=O)N[C@@H]1[C@H](OC(C)=O)[C@H](OC(C)=O)[C@H](COC(C)=O)O[C@@H]1SC[C@H](O)CCl. The van der Waals surface area contributed by atoms with E-state index < -0.39 is 59.7 Å². The highest BCUT2D eigenvalue weighted by Crippen LogP contribution is 2.33. The van der Waals surface area contributed by atoms with Gasteiger partial charge < -0.3 is 29.4 Å². The maximum absolute atomic E-state index is 11.7. The van der Waals surface area contributed by atoms with Crippen molar-refractivity contribution in [1.82, 2.24) is 5.32 Å². The molecule has 6 atom stereocenters. The molecule has 0 aromatic carbocycles. The Morgan fingerprint density at radius 3 is 2.14 bits per heavy atom. The second-order valence-corrected chi connectivity index (χ2v) is 7.80. The fraction of sp³-hybridized carbons (Fsp3) is 0.765. The molecular formula is C17H26ClNO9S. The van der Waals surface area contributed by atoms with Gasteiger partial charge in [0.15, 0.2) is 12.2 Å². The minimum Gasteiger partial charge on any atom is -0.463 e. The van der Waals surface area contributed by atoms with Crippen molar-refractivity contribution in [3.05, 3.63) is 0 Å². The minimum atomic E-state index is -1.14. The number of carbonyl (C=O) groups is 4. The molecule has 1 amide bonds. The van der Waals surface area contributed by atoms with Crippen LogP contribution in [0.25, 0.3) is 0 Å². The highest BCUT2D eigenvalue weighted by molar-refractivity contribution is 7.99. The Labute approximate surface area is 177 Å². The van der Waals surface area contributed by atoms with Crippen LogP contribution >= 0.6 is 23.4 Å². The molecule has 0 spiro atoms. The van der Waals surface area contributed by atoms with E-state index in [2.05, 4.69) is 5.32 Å². The lowest BCUT2D eigenvalue weighted by atomic mass is 9.97. The lowest BCUT2D eigenvalue weighted by molar-refractivity contribution is -0.211. The molecule has 2 N–H and O–H groups in total. The number of thioether (sulfide) groups is 1. The van der Waals surface area contributed by atoms with Crippen LogP contribution in [-0.4, -0.2) is 83.1 Å². The maximum atomic E-state index is 11.7. The molecule has 166 valence electrons. The molecule has 0 radical (unpaired) electrons. The first-order valence-corrected chi connectivity index (χ1v) is 10.4. The summed E-state index contributed by atoms with van der Waals surface area (Å²) in [6, 6.07) is -0.901. The Balaban J connectivity index is 3.24. The van der Waals surface area contributed by atoms with Gasteiger partial charge in [0.25, 0.3) is 0 Å². The van der Waals surface area contributed by atoms with Gasteiger partial charge in [-0.15, -0.1) is 23.4 Å². The van der Waals surface area contributed by atoms with Gasteiger partial charge in [0, 0.05) is 39.3 Å². The number of nitrogens with one attached hydrogen (secondary N) is 1. The monoisotopic (exact) mass is 455 g/mol. The highest BCUT2D eigenvalue weighted by atomic mass is 35.5. The molecule has 1 aliphatic rings. The summed E-state index contributed by atoms with van der Waals surface area (Å²) < 4.78 is 21.6. The van der Waals surface area contributed by atoms with Crippen molar-refractivity contribution in [1.29, 1.82) is 0 Å². The van der Waals surface area contributed by atoms with Crippen molar-refractivity contribution in [2.75, 3.05) is 18.2 Å². The van der Waals surface area contributed by atoms with Crippen molar-refractivity contribution in [3.8, 4) is 0 Å². The van der Waals surface area contributed by atoms with Crippen LogP contribution < -0.4 is 5.32 Å². The van der Waals surface area contributed by atoms with Crippen molar-refractivity contribution in [3.63, 3.8) is 0 Å². The van der Waals surface area contributed by atoms with E-state index in [-0.39, 0.29) is 18.2 Å². The Morgan fingerprint density at radius 1 is 1.07 bits per heavy atom. The Kier molecular flexibility index (Phi) is 10.7. The summed E-state index contributed by atoms with van der Waals surface area (Å²) in [6.07, 6.45) is -4.06. The summed E-state index contributed by atoms with van der Waals surface area (Å²) in [5.41, 5.74) is -0.812. The first-order valence-electron chi connectivity index (χ1n) is 8.81. The molecule has 12 heteroatoms. The van der Waals surface area contributed by atoms with Gasteiger partial charge in [-0.1, -0.05) is 0 Å². The molecule has 1 rings (SSSR count). The molecule has 0 bridgehead atoms. The summed E-state index contributed by atoms with van der Waals surface area (Å²) in [7, 11) is 0. The molecule has 0 aromatic rings. The van der Waals surface area contributed by atoms with Gasteiger partial charge in [-0.2, -0.15) is 0 Å². The topological polar surface area (TPSA) is 137 Å². The third kappa shape index (κ3) is 8.77. The van der Waals surface area contributed by atoms with E-state index >= 15 is 0 Å². The summed E-state index contributed by atoms with van der Waals surface area (Å²) in [6.45, 7) is 4.54. The van der Waals surface area contributed by atoms with E-state index in [1.807, 2.05) is 0 Å². The van der Waals surface area contributed by atoms with Crippen LogP contribution in [0.15, 0.2) is 0 Å². The van der Waals surface area contributed by atoms with Gasteiger partial charge in [-0.05, 0) is 0 Å². The van der Waals surface area contributed by atoms with Gasteiger partial charge in [-0.3, -0.25) is 19.2 Å². The molecule has 0 saturated carbocycles. The maximum Gasteiger partial charge on any atom is 0.303 e. The number of ether oxygens (including phenoxy) is 4. The van der Waals surface area contributed by atoms with Crippen LogP contribution in [0.2, 0.25) is 0 Å². The number of rotatable bonds is 9. The largest absolute Gasteiger partial charge is 0.463 e. The van der Waals surface area contributed by atoms with Crippen LogP contribution in [0, 0.1) is 0 Å². The van der Waals surface area contributed by atoms with Crippen LogP contribution in [0.3, 0.4) is 0 Å². The van der Waals surface area contributed by atoms with Gasteiger partial charge in [-0.25, -0.2) is 0 Å². The number of halogens is 1.